The van der Waals surface area contributed by atoms with Crippen LogP contribution < -0.4 is 10.6 Å². The third-order valence-corrected chi connectivity index (χ3v) is 5.82. The standard InChI is InChI=1S/C27H29F9N2O5/c1-12(2)43-27(41-10-8-37-16(39)6-4-14-20(30)18(28)13(3)19(29)21(14)31)42-11-9-38-17(40)7-5-15-22(32)24(34)26(36)25(35)23(15)33/h12,27H,4-11H2,1-3H3,(H,37,39)(H,38,40). The summed E-state index contributed by atoms with van der Waals surface area (Å²) in [5.41, 5.74) is -2.82. The molecule has 16 heteroatoms. The zero-order chi connectivity index (χ0) is 32.4. The van der Waals surface area contributed by atoms with Gasteiger partial charge in [0.25, 0.3) is 6.48 Å². The van der Waals surface area contributed by atoms with Crippen molar-refractivity contribution in [3.63, 3.8) is 0 Å². The van der Waals surface area contributed by atoms with Gasteiger partial charge in [0.05, 0.1) is 19.3 Å². The van der Waals surface area contributed by atoms with E-state index >= 15 is 0 Å². The minimum absolute atomic E-state index is 0.115. The first kappa shape index (κ1) is 35.8. The number of nitrogens with one attached hydrogen (secondary N) is 2. The van der Waals surface area contributed by atoms with Crippen LogP contribution in [0.2, 0.25) is 0 Å². The third-order valence-electron chi connectivity index (χ3n) is 5.82. The van der Waals surface area contributed by atoms with Crippen LogP contribution in [0.5, 0.6) is 0 Å². The molecule has 0 heterocycles. The SMILES string of the molecule is Cc1c(F)c(F)c(CCC(=O)NCCOC(OCCNC(=O)CCc2c(F)c(F)c(F)c(F)c2F)OC(C)C)c(F)c1F. The average molecular weight is 633 g/mol. The number of carbonyl (C=O) groups is 2. The molecule has 0 saturated carbocycles. The zero-order valence-electron chi connectivity index (χ0n) is 23.3. The molecule has 0 aromatic heterocycles. The fraction of sp³-hybridized carbons (Fsp3) is 0.481. The van der Waals surface area contributed by atoms with Crippen molar-refractivity contribution in [3.8, 4) is 0 Å². The summed E-state index contributed by atoms with van der Waals surface area (Å²) in [7, 11) is 0. The Balaban J connectivity index is 1.73. The largest absolute Gasteiger partial charge is 0.354 e. The van der Waals surface area contributed by atoms with Crippen molar-refractivity contribution in [2.75, 3.05) is 26.3 Å². The molecule has 1 atom stereocenters. The van der Waals surface area contributed by atoms with Gasteiger partial charge < -0.3 is 24.8 Å². The van der Waals surface area contributed by atoms with Gasteiger partial charge in [-0.25, -0.2) is 39.5 Å². The van der Waals surface area contributed by atoms with Crippen LogP contribution in [0.4, 0.5) is 39.5 Å². The lowest BCUT2D eigenvalue weighted by Gasteiger charge is -2.21. The van der Waals surface area contributed by atoms with Crippen LogP contribution >= 0.6 is 0 Å². The molecular formula is C27H29F9N2O5. The maximum absolute atomic E-state index is 14.0. The normalized spacial score (nSPS) is 12.1. The topological polar surface area (TPSA) is 85.9 Å². The summed E-state index contributed by atoms with van der Waals surface area (Å²) in [6.07, 6.45) is -2.82. The van der Waals surface area contributed by atoms with Crippen LogP contribution in [0.1, 0.15) is 43.4 Å². The molecule has 0 fully saturated rings. The van der Waals surface area contributed by atoms with Gasteiger partial charge in [-0.2, -0.15) is 0 Å². The molecular weight excluding hydrogens is 603 g/mol. The van der Waals surface area contributed by atoms with Gasteiger partial charge in [-0.05, 0) is 33.6 Å². The van der Waals surface area contributed by atoms with E-state index in [-0.39, 0.29) is 26.3 Å². The second kappa shape index (κ2) is 16.5. The molecule has 2 aromatic rings. The van der Waals surface area contributed by atoms with E-state index < -0.39 is 119 Å². The number of benzene rings is 2. The number of amides is 2. The van der Waals surface area contributed by atoms with E-state index in [9.17, 15) is 49.1 Å². The summed E-state index contributed by atoms with van der Waals surface area (Å²) < 4.78 is 138. The van der Waals surface area contributed by atoms with Crippen molar-refractivity contribution >= 4 is 11.8 Å². The maximum atomic E-state index is 14.0. The van der Waals surface area contributed by atoms with Crippen molar-refractivity contribution in [1.29, 1.82) is 0 Å². The Morgan fingerprint density at radius 3 is 1.33 bits per heavy atom. The Bertz CT molecular complexity index is 1160. The Morgan fingerprint density at radius 1 is 0.605 bits per heavy atom. The smallest absolute Gasteiger partial charge is 0.271 e. The lowest BCUT2D eigenvalue weighted by molar-refractivity contribution is -0.298. The lowest BCUT2D eigenvalue weighted by atomic mass is 10.0. The third kappa shape index (κ3) is 9.83. The van der Waals surface area contributed by atoms with Gasteiger partial charge in [0.1, 0.15) is 0 Å². The van der Waals surface area contributed by atoms with Crippen molar-refractivity contribution in [2.24, 2.45) is 0 Å². The monoisotopic (exact) mass is 632 g/mol. The van der Waals surface area contributed by atoms with Crippen molar-refractivity contribution < 1.29 is 63.3 Å². The molecule has 2 aromatic carbocycles. The quantitative estimate of drug-likeness (QED) is 0.0915. The summed E-state index contributed by atoms with van der Waals surface area (Å²) in [6, 6.07) is 0. The van der Waals surface area contributed by atoms with Gasteiger partial charge in [-0.1, -0.05) is 0 Å². The number of hydrogen-bond acceptors (Lipinski definition) is 5. The predicted octanol–water partition coefficient (Wildman–Crippen LogP) is 4.79. The molecule has 0 bridgehead atoms. The Labute approximate surface area is 240 Å². The predicted molar refractivity (Wildman–Crippen MR) is 132 cm³/mol. The van der Waals surface area contributed by atoms with Crippen LogP contribution in [0, 0.1) is 59.3 Å². The molecule has 2 N–H and O–H groups in total. The average Bonchev–Trinajstić information content (AvgIpc) is 2.96. The first-order valence-electron chi connectivity index (χ1n) is 12.9. The highest BCUT2D eigenvalue weighted by Gasteiger charge is 2.26. The number of ether oxygens (including phenoxy) is 3. The van der Waals surface area contributed by atoms with Gasteiger partial charge in [-0.15, -0.1) is 0 Å². The van der Waals surface area contributed by atoms with E-state index in [4.69, 9.17) is 14.2 Å². The molecule has 0 spiro atoms. The summed E-state index contributed by atoms with van der Waals surface area (Å²) in [4.78, 5) is 24.0. The first-order valence-corrected chi connectivity index (χ1v) is 12.9. The fourth-order valence-corrected chi connectivity index (χ4v) is 3.57. The summed E-state index contributed by atoms with van der Waals surface area (Å²) in [6.45, 7) is 2.27. The van der Waals surface area contributed by atoms with Crippen LogP contribution in [-0.4, -0.2) is 50.7 Å². The maximum Gasteiger partial charge on any atom is 0.271 e. The summed E-state index contributed by atoms with van der Waals surface area (Å²) >= 11 is 0. The number of hydrogen-bond donors (Lipinski definition) is 2. The Kier molecular flexibility index (Phi) is 13.7. The van der Waals surface area contributed by atoms with Crippen molar-refractivity contribution in [3.05, 3.63) is 69.0 Å². The van der Waals surface area contributed by atoms with E-state index in [0.717, 1.165) is 6.92 Å². The number of carbonyl (C=O) groups excluding carboxylic acids is 2. The van der Waals surface area contributed by atoms with Gasteiger partial charge in [0, 0.05) is 42.6 Å². The van der Waals surface area contributed by atoms with Crippen molar-refractivity contribution in [2.45, 2.75) is 59.0 Å². The molecule has 2 rings (SSSR count). The number of halogens is 9. The highest BCUT2D eigenvalue weighted by molar-refractivity contribution is 5.76. The van der Waals surface area contributed by atoms with Crippen LogP contribution in [0.25, 0.3) is 0 Å². The Morgan fingerprint density at radius 2 is 0.953 bits per heavy atom. The molecule has 0 aliphatic rings. The van der Waals surface area contributed by atoms with Gasteiger partial charge >= 0.3 is 0 Å². The van der Waals surface area contributed by atoms with Gasteiger partial charge in [0.15, 0.2) is 46.5 Å². The van der Waals surface area contributed by atoms with Crippen molar-refractivity contribution in [1.82, 2.24) is 10.6 Å². The van der Waals surface area contributed by atoms with Gasteiger partial charge in [-0.3, -0.25) is 9.59 Å². The van der Waals surface area contributed by atoms with Crippen LogP contribution in [0.15, 0.2) is 0 Å². The van der Waals surface area contributed by atoms with Crippen LogP contribution in [0.3, 0.4) is 0 Å². The first-order chi connectivity index (χ1) is 20.2. The molecule has 0 aliphatic carbocycles. The minimum Gasteiger partial charge on any atom is -0.354 e. The molecule has 240 valence electrons. The lowest BCUT2D eigenvalue weighted by Crippen LogP contribution is -2.34. The summed E-state index contributed by atoms with van der Waals surface area (Å²) in [5, 5.41) is 4.71. The van der Waals surface area contributed by atoms with E-state index in [0.29, 0.717) is 0 Å². The molecule has 0 radical (unpaired) electrons. The molecule has 1 unspecified atom stereocenters. The fourth-order valence-electron chi connectivity index (χ4n) is 3.57. The van der Waals surface area contributed by atoms with E-state index in [2.05, 4.69) is 10.6 Å². The van der Waals surface area contributed by atoms with E-state index in [1.165, 1.54) is 0 Å². The zero-order valence-corrected chi connectivity index (χ0v) is 23.3. The highest BCUT2D eigenvalue weighted by atomic mass is 19.2. The Hall–Kier alpha value is -3.37. The summed E-state index contributed by atoms with van der Waals surface area (Å²) in [5.74, 6) is -18.3. The van der Waals surface area contributed by atoms with Crippen LogP contribution in [-0.2, 0) is 36.6 Å². The molecule has 0 saturated heterocycles. The van der Waals surface area contributed by atoms with E-state index in [1.54, 1.807) is 13.8 Å². The molecule has 0 aliphatic heterocycles. The number of rotatable bonds is 16. The minimum atomic E-state index is -2.30. The molecule has 43 heavy (non-hydrogen) atoms. The van der Waals surface area contributed by atoms with Gasteiger partial charge in [0.2, 0.25) is 17.6 Å². The molecule has 7 nitrogen and oxygen atoms in total. The molecule has 2 amide bonds. The second-order valence-electron chi connectivity index (χ2n) is 9.32. The second-order valence-corrected chi connectivity index (χ2v) is 9.32. The van der Waals surface area contributed by atoms with E-state index in [1.807, 2.05) is 0 Å². The highest BCUT2D eigenvalue weighted by Crippen LogP contribution is 2.25.